The third-order valence-corrected chi connectivity index (χ3v) is 3.58. The lowest BCUT2D eigenvalue weighted by molar-refractivity contribution is -0.161. The number of aliphatic carboxylic acids is 1. The molecule has 0 aromatic carbocycles. The summed E-state index contributed by atoms with van der Waals surface area (Å²) < 4.78 is 30.6. The van der Waals surface area contributed by atoms with Crippen LogP contribution in [0.1, 0.15) is 33.1 Å². The summed E-state index contributed by atoms with van der Waals surface area (Å²) in [7, 11) is -4.63. The van der Waals surface area contributed by atoms with E-state index in [0.717, 1.165) is 0 Å². The predicted octanol–water partition coefficient (Wildman–Crippen LogP) is 0.619. The molecular formula is C13H25ClNO10P. The van der Waals surface area contributed by atoms with Gasteiger partial charge in [-0.3, -0.25) is 23.4 Å². The van der Waals surface area contributed by atoms with Crippen LogP contribution in [-0.2, 0) is 37.5 Å². The van der Waals surface area contributed by atoms with Gasteiger partial charge in [-0.15, -0.1) is 12.4 Å². The monoisotopic (exact) mass is 421 g/mol. The zero-order valence-corrected chi connectivity index (χ0v) is 16.2. The van der Waals surface area contributed by atoms with Crippen molar-refractivity contribution in [1.29, 1.82) is 0 Å². The highest BCUT2D eigenvalue weighted by Gasteiger charge is 2.27. The minimum absolute atomic E-state index is 0. The van der Waals surface area contributed by atoms with E-state index in [4.69, 9.17) is 20.3 Å². The topological polar surface area (TPSA) is 172 Å². The molecule has 3 atom stereocenters. The van der Waals surface area contributed by atoms with Gasteiger partial charge in [0.2, 0.25) is 0 Å². The van der Waals surface area contributed by atoms with Crippen LogP contribution >= 0.6 is 20.2 Å². The highest BCUT2D eigenvalue weighted by Crippen LogP contribution is 2.43. The summed E-state index contributed by atoms with van der Waals surface area (Å²) in [6.07, 6.45) is -0.383. The molecule has 0 aliphatic carbocycles. The first-order valence-electron chi connectivity index (χ1n) is 7.56. The summed E-state index contributed by atoms with van der Waals surface area (Å²) in [5.41, 5.74) is 5.14. The van der Waals surface area contributed by atoms with Crippen LogP contribution < -0.4 is 5.73 Å². The van der Waals surface area contributed by atoms with Gasteiger partial charge in [0.1, 0.15) is 12.6 Å². The summed E-state index contributed by atoms with van der Waals surface area (Å²) in [6.45, 7) is 1.61. The van der Waals surface area contributed by atoms with Gasteiger partial charge in [0.05, 0.1) is 13.2 Å². The van der Waals surface area contributed by atoms with E-state index in [1.54, 1.807) is 13.8 Å². The Kier molecular flexibility index (Phi) is 14.4. The summed E-state index contributed by atoms with van der Waals surface area (Å²) in [5.74, 6) is -2.56. The fourth-order valence-corrected chi connectivity index (χ4v) is 2.09. The number of carboxylic acids is 1. The van der Waals surface area contributed by atoms with E-state index >= 15 is 0 Å². The first-order valence-corrected chi connectivity index (χ1v) is 9.06. The van der Waals surface area contributed by atoms with E-state index in [9.17, 15) is 23.8 Å². The predicted molar refractivity (Wildman–Crippen MR) is 90.6 cm³/mol. The van der Waals surface area contributed by atoms with Gasteiger partial charge in [-0.2, -0.15) is 0 Å². The van der Waals surface area contributed by atoms with E-state index in [1.807, 2.05) is 0 Å². The van der Waals surface area contributed by atoms with Crippen molar-refractivity contribution in [2.75, 3.05) is 19.8 Å². The van der Waals surface area contributed by atoms with Crippen molar-refractivity contribution in [1.82, 2.24) is 0 Å². The number of rotatable bonds is 13. The SMILES string of the molecule is CCCC(=O)O[C@H](COC(=O)CC)COP(=O)(O)OC[C@H](N)C(=O)O.Cl. The van der Waals surface area contributed by atoms with E-state index in [-0.39, 0.29) is 31.9 Å². The third-order valence-electron chi connectivity index (χ3n) is 2.63. The van der Waals surface area contributed by atoms with E-state index in [2.05, 4.69) is 9.05 Å². The first kappa shape index (κ1) is 27.0. The number of carbonyl (C=O) groups excluding carboxylic acids is 2. The molecule has 0 aromatic heterocycles. The average molecular weight is 422 g/mol. The minimum atomic E-state index is -4.63. The molecule has 0 bridgehead atoms. The van der Waals surface area contributed by atoms with Crippen molar-refractivity contribution >= 4 is 38.1 Å². The molecule has 0 fully saturated rings. The Morgan fingerprint density at radius 1 is 1.08 bits per heavy atom. The molecule has 0 radical (unpaired) electrons. The van der Waals surface area contributed by atoms with Gasteiger partial charge >= 0.3 is 25.7 Å². The van der Waals surface area contributed by atoms with Crippen LogP contribution in [-0.4, -0.2) is 59.9 Å². The van der Waals surface area contributed by atoms with Crippen LogP contribution in [0.15, 0.2) is 0 Å². The van der Waals surface area contributed by atoms with Gasteiger partial charge < -0.3 is 25.2 Å². The molecule has 154 valence electrons. The molecule has 4 N–H and O–H groups in total. The molecule has 11 nitrogen and oxygen atoms in total. The van der Waals surface area contributed by atoms with E-state index < -0.39 is 51.1 Å². The number of phosphoric ester groups is 1. The zero-order valence-electron chi connectivity index (χ0n) is 14.5. The number of ether oxygens (including phenoxy) is 2. The van der Waals surface area contributed by atoms with Crippen molar-refractivity contribution < 1.29 is 47.5 Å². The van der Waals surface area contributed by atoms with Gasteiger partial charge in [-0.25, -0.2) is 4.57 Å². The highest BCUT2D eigenvalue weighted by atomic mass is 35.5. The van der Waals surface area contributed by atoms with Crippen LogP contribution in [0.5, 0.6) is 0 Å². The number of hydrogen-bond acceptors (Lipinski definition) is 9. The molecule has 0 aliphatic heterocycles. The molecule has 26 heavy (non-hydrogen) atoms. The van der Waals surface area contributed by atoms with Gasteiger partial charge in [0.25, 0.3) is 0 Å². The highest BCUT2D eigenvalue weighted by molar-refractivity contribution is 7.47. The Labute approximate surface area is 157 Å². The molecule has 1 unspecified atom stereocenters. The number of esters is 2. The van der Waals surface area contributed by atoms with Crippen LogP contribution in [0, 0.1) is 0 Å². The Morgan fingerprint density at radius 3 is 2.15 bits per heavy atom. The van der Waals surface area contributed by atoms with Crippen LogP contribution in [0.4, 0.5) is 0 Å². The van der Waals surface area contributed by atoms with Crippen LogP contribution in [0.3, 0.4) is 0 Å². The second-order valence-electron chi connectivity index (χ2n) is 4.90. The lowest BCUT2D eigenvalue weighted by atomic mass is 10.3. The number of phosphoric acid groups is 1. The fourth-order valence-electron chi connectivity index (χ4n) is 1.31. The largest absolute Gasteiger partial charge is 0.480 e. The molecule has 13 heteroatoms. The Bertz CT molecular complexity index is 503. The van der Waals surface area contributed by atoms with E-state index in [0.29, 0.717) is 6.42 Å². The average Bonchev–Trinajstić information content (AvgIpc) is 2.54. The van der Waals surface area contributed by atoms with Crippen molar-refractivity contribution in [3.63, 3.8) is 0 Å². The molecule has 0 aliphatic rings. The maximum Gasteiger partial charge on any atom is 0.472 e. The first-order chi connectivity index (χ1) is 11.6. The molecule has 0 aromatic rings. The molecule has 0 amide bonds. The smallest absolute Gasteiger partial charge is 0.472 e. The molecule has 0 rings (SSSR count). The number of carboxylic acid groups (broad SMARTS) is 1. The van der Waals surface area contributed by atoms with E-state index in [1.165, 1.54) is 0 Å². The zero-order chi connectivity index (χ0) is 19.5. The summed E-state index contributed by atoms with van der Waals surface area (Å²) >= 11 is 0. The Hall–Kier alpha value is -1.23. The lowest BCUT2D eigenvalue weighted by Gasteiger charge is -2.20. The Morgan fingerprint density at radius 2 is 1.65 bits per heavy atom. The van der Waals surface area contributed by atoms with Crippen molar-refractivity contribution in [3.05, 3.63) is 0 Å². The second-order valence-corrected chi connectivity index (χ2v) is 6.36. The molecule has 0 spiro atoms. The molecule has 0 heterocycles. The third kappa shape index (κ3) is 13.0. The Balaban J connectivity index is 0. The maximum absolute atomic E-state index is 11.7. The standard InChI is InChI=1S/C13H24NO10P.ClH/c1-3-5-12(16)24-9(6-21-11(15)4-2)7-22-25(19,20)23-8-10(14)13(17)18;/h9-10H,3-8,14H2,1-2H3,(H,17,18)(H,19,20);1H/t9-,10+;/m1./s1. The maximum atomic E-state index is 11.7. The number of nitrogens with two attached hydrogens (primary N) is 1. The molecular weight excluding hydrogens is 397 g/mol. The van der Waals surface area contributed by atoms with Gasteiger partial charge in [0.15, 0.2) is 6.10 Å². The van der Waals surface area contributed by atoms with Gasteiger partial charge in [-0.05, 0) is 6.42 Å². The fraction of sp³-hybridized carbons (Fsp3) is 0.769. The lowest BCUT2D eigenvalue weighted by Crippen LogP contribution is -2.34. The van der Waals surface area contributed by atoms with Crippen molar-refractivity contribution in [2.24, 2.45) is 5.73 Å². The van der Waals surface area contributed by atoms with Crippen LogP contribution in [0.2, 0.25) is 0 Å². The number of hydrogen-bond donors (Lipinski definition) is 3. The second kappa shape index (κ2) is 13.9. The normalized spacial score (nSPS) is 15.1. The van der Waals surface area contributed by atoms with Crippen molar-refractivity contribution in [2.45, 2.75) is 45.3 Å². The van der Waals surface area contributed by atoms with Crippen LogP contribution in [0.25, 0.3) is 0 Å². The minimum Gasteiger partial charge on any atom is -0.480 e. The van der Waals surface area contributed by atoms with Gasteiger partial charge in [-0.1, -0.05) is 13.8 Å². The summed E-state index contributed by atoms with van der Waals surface area (Å²) in [4.78, 5) is 42.7. The van der Waals surface area contributed by atoms with Gasteiger partial charge in [0, 0.05) is 12.8 Å². The quantitative estimate of drug-likeness (QED) is 0.281. The molecule has 0 saturated carbocycles. The number of carbonyl (C=O) groups is 3. The molecule has 0 saturated heterocycles. The number of halogens is 1. The summed E-state index contributed by atoms with van der Waals surface area (Å²) in [6, 6.07) is -1.51. The van der Waals surface area contributed by atoms with Crippen molar-refractivity contribution in [3.8, 4) is 0 Å². The summed E-state index contributed by atoms with van der Waals surface area (Å²) in [5, 5.41) is 8.57.